The number of imidazole rings is 1. The molecule has 0 saturated carbocycles. The number of pyridine rings is 1. The molecular weight excluding hydrogens is 204 g/mol. The van der Waals surface area contributed by atoms with Crippen LogP contribution >= 0.6 is 23.4 Å². The molecule has 0 amide bonds. The van der Waals surface area contributed by atoms with Crippen LogP contribution in [-0.4, -0.2) is 21.0 Å². The van der Waals surface area contributed by atoms with Crippen LogP contribution in [0.4, 0.5) is 0 Å². The molecule has 2 rings (SSSR count). The van der Waals surface area contributed by atoms with E-state index >= 15 is 0 Å². The molecule has 0 aliphatic carbocycles. The standard InChI is InChI=1S/C9H9ClN2S/c10-4-7-13-9-3-1-2-8-11-5-6-12(8)9/h1-3,5-6H,4,7H2. The second-order valence-corrected chi connectivity index (χ2v) is 4.05. The van der Waals surface area contributed by atoms with Crippen molar-refractivity contribution in [2.75, 3.05) is 11.6 Å². The third-order valence-electron chi connectivity index (χ3n) is 1.72. The van der Waals surface area contributed by atoms with E-state index < -0.39 is 0 Å². The first-order valence-corrected chi connectivity index (χ1v) is 5.54. The predicted molar refractivity (Wildman–Crippen MR) is 56.6 cm³/mol. The number of nitrogens with zero attached hydrogens (tertiary/aromatic N) is 2. The molecule has 0 spiro atoms. The van der Waals surface area contributed by atoms with Gasteiger partial charge < -0.3 is 0 Å². The van der Waals surface area contributed by atoms with Crippen molar-refractivity contribution in [3.63, 3.8) is 0 Å². The summed E-state index contributed by atoms with van der Waals surface area (Å²) in [5.41, 5.74) is 0.986. The van der Waals surface area contributed by atoms with Gasteiger partial charge in [0.25, 0.3) is 0 Å². The lowest BCUT2D eigenvalue weighted by Crippen LogP contribution is -1.89. The predicted octanol–water partition coefficient (Wildman–Crippen LogP) is 2.67. The summed E-state index contributed by atoms with van der Waals surface area (Å²) in [5, 5.41) is 1.19. The highest BCUT2D eigenvalue weighted by molar-refractivity contribution is 7.99. The van der Waals surface area contributed by atoms with Crippen LogP contribution in [0.5, 0.6) is 0 Å². The molecule has 0 aliphatic rings. The smallest absolute Gasteiger partial charge is 0.137 e. The Morgan fingerprint density at radius 1 is 1.46 bits per heavy atom. The molecule has 0 N–H and O–H groups in total. The van der Waals surface area contributed by atoms with Crippen molar-refractivity contribution in [1.29, 1.82) is 0 Å². The Bertz CT molecular complexity index is 399. The lowest BCUT2D eigenvalue weighted by molar-refractivity contribution is 1.03. The van der Waals surface area contributed by atoms with Crippen molar-refractivity contribution in [2.24, 2.45) is 0 Å². The molecule has 2 nitrogen and oxygen atoms in total. The zero-order chi connectivity index (χ0) is 9.10. The zero-order valence-corrected chi connectivity index (χ0v) is 8.55. The monoisotopic (exact) mass is 212 g/mol. The van der Waals surface area contributed by atoms with Gasteiger partial charge >= 0.3 is 0 Å². The number of thioether (sulfide) groups is 1. The fourth-order valence-electron chi connectivity index (χ4n) is 1.18. The molecule has 4 heteroatoms. The number of hydrogen-bond acceptors (Lipinski definition) is 2. The lowest BCUT2D eigenvalue weighted by atomic mass is 10.5. The second-order valence-electron chi connectivity index (χ2n) is 2.56. The van der Waals surface area contributed by atoms with Crippen LogP contribution in [0.1, 0.15) is 0 Å². The van der Waals surface area contributed by atoms with E-state index in [-0.39, 0.29) is 0 Å². The Hall–Kier alpha value is -0.670. The minimum atomic E-state index is 0.676. The number of aromatic nitrogens is 2. The third kappa shape index (κ3) is 1.81. The summed E-state index contributed by atoms with van der Waals surface area (Å²) < 4.78 is 2.07. The van der Waals surface area contributed by atoms with Gasteiger partial charge in [0.1, 0.15) is 5.65 Å². The van der Waals surface area contributed by atoms with Gasteiger partial charge in [0.15, 0.2) is 0 Å². The summed E-state index contributed by atoms with van der Waals surface area (Å²) >= 11 is 7.38. The van der Waals surface area contributed by atoms with Crippen molar-refractivity contribution in [3.8, 4) is 0 Å². The maximum absolute atomic E-state index is 5.63. The first-order valence-electron chi connectivity index (χ1n) is 4.02. The first kappa shape index (κ1) is 8.91. The minimum absolute atomic E-state index is 0.676. The Kier molecular flexibility index (Phi) is 2.76. The quantitative estimate of drug-likeness (QED) is 0.575. The van der Waals surface area contributed by atoms with E-state index in [2.05, 4.69) is 15.5 Å². The van der Waals surface area contributed by atoms with Gasteiger partial charge in [-0.3, -0.25) is 4.40 Å². The number of fused-ring (bicyclic) bond motifs is 1. The minimum Gasteiger partial charge on any atom is -0.294 e. The van der Waals surface area contributed by atoms with Crippen LogP contribution in [0.2, 0.25) is 0 Å². The topological polar surface area (TPSA) is 17.3 Å². The zero-order valence-electron chi connectivity index (χ0n) is 6.98. The van der Waals surface area contributed by atoms with Crippen molar-refractivity contribution >= 4 is 29.0 Å². The maximum atomic E-state index is 5.63. The highest BCUT2D eigenvalue weighted by Gasteiger charge is 1.99. The van der Waals surface area contributed by atoms with Gasteiger partial charge in [0.2, 0.25) is 0 Å². The Balaban J connectivity index is 2.37. The molecule has 2 aromatic heterocycles. The van der Waals surface area contributed by atoms with Gasteiger partial charge in [-0.15, -0.1) is 23.4 Å². The van der Waals surface area contributed by atoms with Crippen molar-refractivity contribution in [3.05, 3.63) is 30.6 Å². The van der Waals surface area contributed by atoms with E-state index in [1.165, 1.54) is 5.03 Å². The Labute approximate surface area is 85.9 Å². The van der Waals surface area contributed by atoms with Crippen LogP contribution in [-0.2, 0) is 0 Å². The van der Waals surface area contributed by atoms with Gasteiger partial charge in [-0.1, -0.05) is 6.07 Å². The SMILES string of the molecule is ClCCSc1cccc2nccn12. The lowest BCUT2D eigenvalue weighted by Gasteiger charge is -2.02. The molecule has 0 saturated heterocycles. The fraction of sp³-hybridized carbons (Fsp3) is 0.222. The largest absolute Gasteiger partial charge is 0.294 e. The van der Waals surface area contributed by atoms with Crippen LogP contribution in [0.3, 0.4) is 0 Å². The van der Waals surface area contributed by atoms with Crippen molar-refractivity contribution in [1.82, 2.24) is 9.38 Å². The Morgan fingerprint density at radius 3 is 3.23 bits per heavy atom. The van der Waals surface area contributed by atoms with E-state index in [0.29, 0.717) is 5.88 Å². The normalized spacial score (nSPS) is 10.8. The van der Waals surface area contributed by atoms with Gasteiger partial charge in [-0.25, -0.2) is 4.98 Å². The van der Waals surface area contributed by atoms with Crippen LogP contribution < -0.4 is 0 Å². The van der Waals surface area contributed by atoms with Crippen molar-refractivity contribution < 1.29 is 0 Å². The number of rotatable bonds is 3. The van der Waals surface area contributed by atoms with Gasteiger partial charge in [-0.05, 0) is 12.1 Å². The van der Waals surface area contributed by atoms with E-state index in [1.807, 2.05) is 18.3 Å². The molecule has 13 heavy (non-hydrogen) atoms. The van der Waals surface area contributed by atoms with E-state index in [0.717, 1.165) is 11.4 Å². The molecule has 0 bridgehead atoms. The molecule has 0 unspecified atom stereocenters. The van der Waals surface area contributed by atoms with Crippen molar-refractivity contribution in [2.45, 2.75) is 5.03 Å². The van der Waals surface area contributed by atoms with Gasteiger partial charge in [-0.2, -0.15) is 0 Å². The number of alkyl halides is 1. The molecule has 0 aromatic carbocycles. The average Bonchev–Trinajstić information content (AvgIpc) is 2.62. The summed E-state index contributed by atoms with van der Waals surface area (Å²) in [6.07, 6.45) is 3.77. The fourth-order valence-corrected chi connectivity index (χ4v) is 2.17. The molecule has 0 fully saturated rings. The van der Waals surface area contributed by atoms with Crippen LogP contribution in [0.25, 0.3) is 5.65 Å². The van der Waals surface area contributed by atoms with E-state index in [1.54, 1.807) is 18.0 Å². The third-order valence-corrected chi connectivity index (χ3v) is 3.17. The second kappa shape index (κ2) is 4.03. The van der Waals surface area contributed by atoms with Crippen LogP contribution in [0, 0.1) is 0 Å². The molecule has 0 atom stereocenters. The molecule has 0 radical (unpaired) electrons. The molecule has 2 heterocycles. The highest BCUT2D eigenvalue weighted by Crippen LogP contribution is 2.18. The molecule has 2 aromatic rings. The summed E-state index contributed by atoms with van der Waals surface area (Å²) in [6, 6.07) is 6.08. The Morgan fingerprint density at radius 2 is 2.38 bits per heavy atom. The van der Waals surface area contributed by atoms with E-state index in [9.17, 15) is 0 Å². The maximum Gasteiger partial charge on any atom is 0.137 e. The van der Waals surface area contributed by atoms with E-state index in [4.69, 9.17) is 11.6 Å². The number of halogens is 1. The summed E-state index contributed by atoms with van der Waals surface area (Å²) in [6.45, 7) is 0. The van der Waals surface area contributed by atoms with Gasteiger partial charge in [0, 0.05) is 24.0 Å². The van der Waals surface area contributed by atoms with Crippen LogP contribution in [0.15, 0.2) is 35.6 Å². The average molecular weight is 213 g/mol. The van der Waals surface area contributed by atoms with Gasteiger partial charge in [0.05, 0.1) is 5.03 Å². The molecular formula is C9H9ClN2S. The molecule has 68 valence electrons. The molecule has 0 aliphatic heterocycles. The summed E-state index contributed by atoms with van der Waals surface area (Å²) in [7, 11) is 0. The highest BCUT2D eigenvalue weighted by atomic mass is 35.5. The first-order chi connectivity index (χ1) is 6.42. The summed E-state index contributed by atoms with van der Waals surface area (Å²) in [4.78, 5) is 4.20. The number of hydrogen-bond donors (Lipinski definition) is 0. The summed E-state index contributed by atoms with van der Waals surface area (Å²) in [5.74, 6) is 1.61.